The standard InChI is InChI=1S/C33H46O6S.C7H8O3S/c1-20-6-9-25(10-7-20)40(37,38)30(19-31(35)36)21(2)27-12-13-28-26-11-8-23-18-24(39-22(3)34)14-16-32(23,4)29(26)15-17-33(27,28)5;1-6-2-4-7(5-3-6)11(8,9)10/h6-10,21,24,26-30H,11-19H2,1-5H3,(H,35,36);2-5H,1H3,(H,8,9,10)/t21-,24-,26?,27+,28?,29?,30?,32-,33+;/m0./s1. The van der Waals surface area contributed by atoms with E-state index < -0.39 is 31.2 Å². The van der Waals surface area contributed by atoms with E-state index in [2.05, 4.69) is 19.9 Å². The number of carbonyl (C=O) groups is 2. The lowest BCUT2D eigenvalue weighted by atomic mass is 9.47. The molecule has 2 N–H and O–H groups in total. The van der Waals surface area contributed by atoms with Crippen molar-refractivity contribution in [2.45, 2.75) is 120 Å². The molecule has 0 bridgehead atoms. The second-order valence-electron chi connectivity index (χ2n) is 16.1. The number of benzene rings is 2. The van der Waals surface area contributed by atoms with E-state index in [1.54, 1.807) is 36.4 Å². The Balaban J connectivity index is 0.000000392. The molecule has 0 heterocycles. The molecule has 4 aliphatic rings. The van der Waals surface area contributed by atoms with Gasteiger partial charge in [-0.25, -0.2) is 8.42 Å². The number of carboxylic acids is 1. The van der Waals surface area contributed by atoms with Crippen LogP contribution in [0.4, 0.5) is 0 Å². The molecule has 0 amide bonds. The summed E-state index contributed by atoms with van der Waals surface area (Å²) in [6, 6.07) is 12.8. The highest BCUT2D eigenvalue weighted by atomic mass is 32.2. The molecule has 2 aromatic carbocycles. The maximum absolute atomic E-state index is 13.9. The van der Waals surface area contributed by atoms with Crippen LogP contribution in [0.2, 0.25) is 0 Å². The van der Waals surface area contributed by atoms with Crippen LogP contribution < -0.4 is 0 Å². The van der Waals surface area contributed by atoms with Gasteiger partial charge in [-0.15, -0.1) is 0 Å². The summed E-state index contributed by atoms with van der Waals surface area (Å²) < 4.78 is 62.9. The fourth-order valence-corrected chi connectivity index (χ4v) is 13.0. The molecule has 3 saturated carbocycles. The van der Waals surface area contributed by atoms with Gasteiger partial charge in [0.2, 0.25) is 0 Å². The number of carbonyl (C=O) groups excluding carboxylic acids is 1. The van der Waals surface area contributed by atoms with Gasteiger partial charge in [-0.2, -0.15) is 8.42 Å². The number of fused-ring (bicyclic) bond motifs is 5. The van der Waals surface area contributed by atoms with Crippen molar-refractivity contribution in [1.29, 1.82) is 0 Å². The summed E-state index contributed by atoms with van der Waals surface area (Å²) in [4.78, 5) is 23.7. The van der Waals surface area contributed by atoms with E-state index in [1.165, 1.54) is 24.6 Å². The number of aliphatic carboxylic acids is 1. The van der Waals surface area contributed by atoms with Crippen molar-refractivity contribution in [3.05, 3.63) is 71.3 Å². The van der Waals surface area contributed by atoms with Gasteiger partial charge in [0.25, 0.3) is 10.1 Å². The lowest BCUT2D eigenvalue weighted by molar-refractivity contribution is -0.148. The van der Waals surface area contributed by atoms with Crippen LogP contribution >= 0.6 is 0 Å². The van der Waals surface area contributed by atoms with E-state index in [1.807, 2.05) is 20.8 Å². The minimum atomic E-state index is -4.02. The van der Waals surface area contributed by atoms with Gasteiger partial charge in [0.05, 0.1) is 21.5 Å². The zero-order valence-corrected chi connectivity index (χ0v) is 32.3. The molecule has 11 heteroatoms. The molecule has 0 aromatic heterocycles. The van der Waals surface area contributed by atoms with Crippen LogP contribution in [0.5, 0.6) is 0 Å². The number of allylic oxidation sites excluding steroid dienone is 1. The fraction of sp³-hybridized carbons (Fsp3) is 0.600. The van der Waals surface area contributed by atoms with Gasteiger partial charge < -0.3 is 9.84 Å². The van der Waals surface area contributed by atoms with Gasteiger partial charge in [-0.1, -0.05) is 67.8 Å². The topological polar surface area (TPSA) is 152 Å². The molecule has 9 nitrogen and oxygen atoms in total. The van der Waals surface area contributed by atoms with Gasteiger partial charge >= 0.3 is 11.9 Å². The lowest BCUT2D eigenvalue weighted by Crippen LogP contribution is -2.51. The van der Waals surface area contributed by atoms with Crippen LogP contribution in [0.15, 0.2) is 70.0 Å². The number of aryl methyl sites for hydroxylation is 2. The first kappa shape index (κ1) is 39.2. The maximum Gasteiger partial charge on any atom is 0.304 e. The van der Waals surface area contributed by atoms with Crippen LogP contribution in [0.3, 0.4) is 0 Å². The summed E-state index contributed by atoms with van der Waals surface area (Å²) in [5.74, 6) is 0.309. The molecule has 4 unspecified atom stereocenters. The molecule has 2 aromatic rings. The summed E-state index contributed by atoms with van der Waals surface area (Å²) in [7, 11) is -7.82. The number of sulfone groups is 1. The third kappa shape index (κ3) is 8.00. The highest BCUT2D eigenvalue weighted by Crippen LogP contribution is 2.67. The van der Waals surface area contributed by atoms with E-state index in [0.717, 1.165) is 62.5 Å². The van der Waals surface area contributed by atoms with Gasteiger partial charge in [0.15, 0.2) is 9.84 Å². The number of hydrogen-bond acceptors (Lipinski definition) is 7. The molecule has 6 rings (SSSR count). The Labute approximate surface area is 303 Å². The average Bonchev–Trinajstić information content (AvgIpc) is 3.40. The van der Waals surface area contributed by atoms with E-state index in [-0.39, 0.29) is 51.0 Å². The van der Waals surface area contributed by atoms with Crippen molar-refractivity contribution < 1.29 is 40.8 Å². The Hall–Kier alpha value is -3.02. The molecule has 51 heavy (non-hydrogen) atoms. The minimum absolute atomic E-state index is 0.00320. The monoisotopic (exact) mass is 742 g/mol. The molecule has 9 atom stereocenters. The smallest absolute Gasteiger partial charge is 0.304 e. The Morgan fingerprint density at radius 1 is 0.863 bits per heavy atom. The van der Waals surface area contributed by atoms with Gasteiger partial charge in [-0.05, 0) is 123 Å². The van der Waals surface area contributed by atoms with Crippen molar-refractivity contribution >= 4 is 31.9 Å². The summed E-state index contributed by atoms with van der Waals surface area (Å²) in [5, 5.41) is 8.84. The molecule has 0 saturated heterocycles. The van der Waals surface area contributed by atoms with Gasteiger partial charge in [0.1, 0.15) is 6.10 Å². The summed E-state index contributed by atoms with van der Waals surface area (Å²) >= 11 is 0. The summed E-state index contributed by atoms with van der Waals surface area (Å²) in [6.07, 6.45) is 10.1. The van der Waals surface area contributed by atoms with Crippen molar-refractivity contribution in [1.82, 2.24) is 0 Å². The molecule has 3 fully saturated rings. The van der Waals surface area contributed by atoms with Gasteiger partial charge in [0, 0.05) is 13.3 Å². The average molecular weight is 743 g/mol. The van der Waals surface area contributed by atoms with Crippen LogP contribution in [-0.4, -0.2) is 49.8 Å². The quantitative estimate of drug-likeness (QED) is 0.156. The van der Waals surface area contributed by atoms with E-state index in [9.17, 15) is 31.5 Å². The number of carboxylic acid groups (broad SMARTS) is 1. The Bertz CT molecular complexity index is 1850. The van der Waals surface area contributed by atoms with Crippen molar-refractivity contribution in [3.8, 4) is 0 Å². The van der Waals surface area contributed by atoms with Crippen LogP contribution in [0.25, 0.3) is 0 Å². The fourth-order valence-electron chi connectivity index (χ4n) is 10.5. The second kappa shape index (κ2) is 14.8. The number of esters is 1. The van der Waals surface area contributed by atoms with Crippen molar-refractivity contribution in [2.75, 3.05) is 0 Å². The van der Waals surface area contributed by atoms with E-state index in [0.29, 0.717) is 17.8 Å². The summed E-state index contributed by atoms with van der Waals surface area (Å²) in [6.45, 7) is 12.0. The maximum atomic E-state index is 13.9. The van der Waals surface area contributed by atoms with Crippen LogP contribution in [0, 0.1) is 54.3 Å². The number of rotatable bonds is 8. The molecule has 280 valence electrons. The highest BCUT2D eigenvalue weighted by molar-refractivity contribution is 7.92. The third-order valence-corrected chi connectivity index (χ3v) is 16.3. The van der Waals surface area contributed by atoms with Crippen molar-refractivity contribution in [2.24, 2.45) is 40.4 Å². The van der Waals surface area contributed by atoms with Crippen molar-refractivity contribution in [3.63, 3.8) is 0 Å². The minimum Gasteiger partial charge on any atom is -0.481 e. The molecule has 0 aliphatic heterocycles. The zero-order chi connectivity index (χ0) is 37.5. The largest absolute Gasteiger partial charge is 0.481 e. The first-order valence-electron chi connectivity index (χ1n) is 18.2. The predicted octanol–water partition coefficient (Wildman–Crippen LogP) is 8.00. The first-order chi connectivity index (χ1) is 23.8. The SMILES string of the molecule is CC(=O)O[C@H]1CC[C@@]2(C)C(=CCC3C2CC[C@@]2(C)C3CC[C@@H]2[C@H](C)C(CC(=O)O)S(=O)(=O)c2ccc(C)cc2)C1.Cc1ccc(S(=O)(=O)O)cc1. The normalized spacial score (nSPS) is 31.4. The molecule has 4 aliphatic carbocycles. The number of hydrogen-bond donors (Lipinski definition) is 2. The molecule has 0 radical (unpaired) electrons. The summed E-state index contributed by atoms with van der Waals surface area (Å²) in [5.41, 5.74) is 3.52. The second-order valence-corrected chi connectivity index (χ2v) is 19.7. The predicted molar refractivity (Wildman–Crippen MR) is 195 cm³/mol. The Kier molecular flexibility index (Phi) is 11.4. The number of ether oxygens (including phenoxy) is 1. The Morgan fingerprint density at radius 2 is 1.45 bits per heavy atom. The molecule has 0 spiro atoms. The lowest BCUT2D eigenvalue weighted by Gasteiger charge is -2.58. The third-order valence-electron chi connectivity index (χ3n) is 13.1. The molecular formula is C40H54O9S2. The van der Waals surface area contributed by atoms with E-state index in [4.69, 9.17) is 9.29 Å². The van der Waals surface area contributed by atoms with Crippen LogP contribution in [0.1, 0.15) is 96.6 Å². The van der Waals surface area contributed by atoms with Gasteiger partial charge in [-0.3, -0.25) is 14.1 Å². The van der Waals surface area contributed by atoms with Crippen LogP contribution in [-0.2, 0) is 34.3 Å². The Morgan fingerprint density at radius 3 is 2.00 bits per heavy atom. The first-order valence-corrected chi connectivity index (χ1v) is 21.2. The zero-order valence-electron chi connectivity index (χ0n) is 30.7. The highest BCUT2D eigenvalue weighted by Gasteiger charge is 2.60. The molecular weight excluding hydrogens is 689 g/mol. The van der Waals surface area contributed by atoms with E-state index >= 15 is 0 Å².